The molecule has 2 nitrogen and oxygen atoms in total. The monoisotopic (exact) mass is 153 g/mol. The van der Waals surface area contributed by atoms with Crippen molar-refractivity contribution in [2.75, 3.05) is 13.7 Å². The molecule has 61 valence electrons. The van der Waals surface area contributed by atoms with Gasteiger partial charge < -0.3 is 9.47 Å². The number of hydrogen-bond acceptors (Lipinski definition) is 2. The highest BCUT2D eigenvalue weighted by Gasteiger charge is 2.11. The van der Waals surface area contributed by atoms with Crippen molar-refractivity contribution in [3.8, 4) is 0 Å². The Balaban J connectivity index is 2.43. The van der Waals surface area contributed by atoms with E-state index in [1.807, 2.05) is 25.2 Å². The molecule has 0 saturated carbocycles. The smallest absolute Gasteiger partial charge is 0.126 e. The molecule has 0 fully saturated rings. The van der Waals surface area contributed by atoms with Gasteiger partial charge in [-0.05, 0) is 19.1 Å². The minimum atomic E-state index is 0.719. The standard InChI is InChI=1S/C9H13O2/c1-3-11-9-6-4-5-8(7-9)10-2/h4-6H,3,7H2,1-2H3. The van der Waals surface area contributed by atoms with Gasteiger partial charge in [-0.25, -0.2) is 0 Å². The first-order valence-electron chi connectivity index (χ1n) is 3.76. The molecule has 0 bridgehead atoms. The molecule has 0 unspecified atom stereocenters. The van der Waals surface area contributed by atoms with Crippen LogP contribution in [0.4, 0.5) is 0 Å². The first-order chi connectivity index (χ1) is 5.36. The van der Waals surface area contributed by atoms with Gasteiger partial charge in [-0.1, -0.05) is 6.08 Å². The van der Waals surface area contributed by atoms with E-state index in [4.69, 9.17) is 9.47 Å². The van der Waals surface area contributed by atoms with E-state index in [-0.39, 0.29) is 0 Å². The minimum absolute atomic E-state index is 0.719. The molecule has 0 aromatic carbocycles. The Bertz CT molecular complexity index is 170. The van der Waals surface area contributed by atoms with Gasteiger partial charge in [0.25, 0.3) is 0 Å². The summed E-state index contributed by atoms with van der Waals surface area (Å²) in [5.41, 5.74) is 0. The SMILES string of the molecule is CCOC1=CC=C[C](OC)C1. The van der Waals surface area contributed by atoms with Gasteiger partial charge in [-0.2, -0.15) is 0 Å². The van der Waals surface area contributed by atoms with Crippen LogP contribution in [0.25, 0.3) is 0 Å². The summed E-state index contributed by atoms with van der Waals surface area (Å²) in [6.45, 7) is 2.70. The van der Waals surface area contributed by atoms with E-state index in [2.05, 4.69) is 0 Å². The van der Waals surface area contributed by atoms with Crippen LogP contribution in [-0.2, 0) is 9.47 Å². The van der Waals surface area contributed by atoms with Crippen molar-refractivity contribution in [3.05, 3.63) is 30.1 Å². The number of methoxy groups -OCH3 is 1. The van der Waals surface area contributed by atoms with Crippen molar-refractivity contribution in [3.63, 3.8) is 0 Å². The second kappa shape index (κ2) is 4.19. The summed E-state index contributed by atoms with van der Waals surface area (Å²) >= 11 is 0. The minimum Gasteiger partial charge on any atom is -0.498 e. The number of allylic oxidation sites excluding steroid dienone is 2. The summed E-state index contributed by atoms with van der Waals surface area (Å²) in [5.74, 6) is 0.979. The molecule has 0 aromatic heterocycles. The van der Waals surface area contributed by atoms with Crippen molar-refractivity contribution in [2.24, 2.45) is 0 Å². The first kappa shape index (κ1) is 8.34. The van der Waals surface area contributed by atoms with Crippen LogP contribution in [0.1, 0.15) is 13.3 Å². The predicted octanol–water partition coefficient (Wildman–Crippen LogP) is 2.05. The topological polar surface area (TPSA) is 18.5 Å². The fourth-order valence-corrected chi connectivity index (χ4v) is 0.977. The molecule has 11 heavy (non-hydrogen) atoms. The van der Waals surface area contributed by atoms with Crippen LogP contribution in [0.3, 0.4) is 0 Å². The lowest BCUT2D eigenvalue weighted by atomic mass is 10.1. The van der Waals surface area contributed by atoms with Crippen LogP contribution in [0, 0.1) is 6.10 Å². The number of rotatable bonds is 3. The summed E-state index contributed by atoms with van der Waals surface area (Å²) < 4.78 is 10.4. The third-order valence-electron chi connectivity index (χ3n) is 1.50. The maximum Gasteiger partial charge on any atom is 0.126 e. The van der Waals surface area contributed by atoms with Crippen LogP contribution >= 0.6 is 0 Å². The summed E-state index contributed by atoms with van der Waals surface area (Å²) in [6, 6.07) is 0. The fraction of sp³-hybridized carbons (Fsp3) is 0.444. The average Bonchev–Trinajstić information content (AvgIpc) is 2.06. The highest BCUT2D eigenvalue weighted by Crippen LogP contribution is 2.21. The average molecular weight is 153 g/mol. The molecule has 0 aliphatic heterocycles. The molecule has 0 N–H and O–H groups in total. The summed E-state index contributed by atoms with van der Waals surface area (Å²) in [4.78, 5) is 0. The zero-order chi connectivity index (χ0) is 8.10. The largest absolute Gasteiger partial charge is 0.498 e. The van der Waals surface area contributed by atoms with Crippen molar-refractivity contribution < 1.29 is 9.47 Å². The molecule has 0 aromatic rings. The van der Waals surface area contributed by atoms with Crippen molar-refractivity contribution in [1.82, 2.24) is 0 Å². The van der Waals surface area contributed by atoms with Crippen LogP contribution in [0.5, 0.6) is 0 Å². The summed E-state index contributed by atoms with van der Waals surface area (Å²) in [7, 11) is 1.68. The van der Waals surface area contributed by atoms with Crippen molar-refractivity contribution >= 4 is 0 Å². The van der Waals surface area contributed by atoms with Gasteiger partial charge in [-0.3, -0.25) is 0 Å². The van der Waals surface area contributed by atoms with Crippen LogP contribution in [0.15, 0.2) is 24.0 Å². The maximum absolute atomic E-state index is 5.32. The van der Waals surface area contributed by atoms with Gasteiger partial charge >= 0.3 is 0 Å². The van der Waals surface area contributed by atoms with Gasteiger partial charge in [-0.15, -0.1) is 0 Å². The molecule has 1 aliphatic rings. The molecule has 0 saturated heterocycles. The molecule has 2 heteroatoms. The quantitative estimate of drug-likeness (QED) is 0.617. The normalized spacial score (nSPS) is 18.2. The Kier molecular flexibility index (Phi) is 3.17. The van der Waals surface area contributed by atoms with E-state index in [0.29, 0.717) is 0 Å². The predicted molar refractivity (Wildman–Crippen MR) is 43.7 cm³/mol. The van der Waals surface area contributed by atoms with Gasteiger partial charge in [0.15, 0.2) is 0 Å². The Hall–Kier alpha value is -0.760. The molecule has 0 atom stereocenters. The lowest BCUT2D eigenvalue weighted by Crippen LogP contribution is -2.04. The van der Waals surface area contributed by atoms with E-state index >= 15 is 0 Å². The lowest BCUT2D eigenvalue weighted by Gasteiger charge is -2.15. The Labute approximate surface area is 67.5 Å². The number of ether oxygens (including phenoxy) is 2. The third-order valence-corrected chi connectivity index (χ3v) is 1.50. The molecule has 0 heterocycles. The summed E-state index contributed by atoms with van der Waals surface area (Å²) in [5, 5.41) is 0. The zero-order valence-electron chi connectivity index (χ0n) is 6.96. The van der Waals surface area contributed by atoms with Gasteiger partial charge in [0, 0.05) is 13.5 Å². The van der Waals surface area contributed by atoms with Crippen molar-refractivity contribution in [1.29, 1.82) is 0 Å². The molecule has 0 spiro atoms. The molecular formula is C9H13O2. The van der Waals surface area contributed by atoms with Crippen LogP contribution in [-0.4, -0.2) is 13.7 Å². The van der Waals surface area contributed by atoms with Crippen LogP contribution in [0.2, 0.25) is 0 Å². The second-order valence-electron chi connectivity index (χ2n) is 2.27. The van der Waals surface area contributed by atoms with Gasteiger partial charge in [0.1, 0.15) is 6.10 Å². The van der Waals surface area contributed by atoms with Gasteiger partial charge in [0.05, 0.1) is 12.4 Å². The Morgan fingerprint density at radius 3 is 3.00 bits per heavy atom. The van der Waals surface area contributed by atoms with E-state index in [9.17, 15) is 0 Å². The second-order valence-corrected chi connectivity index (χ2v) is 2.27. The Morgan fingerprint density at radius 2 is 2.36 bits per heavy atom. The maximum atomic E-state index is 5.32. The Morgan fingerprint density at radius 1 is 1.55 bits per heavy atom. The fourth-order valence-electron chi connectivity index (χ4n) is 0.977. The molecular weight excluding hydrogens is 140 g/mol. The molecule has 1 rings (SSSR count). The highest BCUT2D eigenvalue weighted by molar-refractivity contribution is 5.23. The first-order valence-corrected chi connectivity index (χ1v) is 3.76. The molecule has 0 amide bonds. The van der Waals surface area contributed by atoms with E-state index < -0.39 is 0 Å². The highest BCUT2D eigenvalue weighted by atomic mass is 16.5. The summed E-state index contributed by atoms with van der Waals surface area (Å²) in [6.07, 6.45) is 7.58. The third kappa shape index (κ3) is 2.39. The number of hydrogen-bond donors (Lipinski definition) is 0. The van der Waals surface area contributed by atoms with E-state index in [1.54, 1.807) is 7.11 Å². The zero-order valence-corrected chi connectivity index (χ0v) is 6.96. The van der Waals surface area contributed by atoms with Crippen molar-refractivity contribution in [2.45, 2.75) is 13.3 Å². The molecule has 1 aliphatic carbocycles. The van der Waals surface area contributed by atoms with Gasteiger partial charge in [0.2, 0.25) is 0 Å². The van der Waals surface area contributed by atoms with E-state index in [0.717, 1.165) is 24.9 Å². The molecule has 1 radical (unpaired) electrons. The lowest BCUT2D eigenvalue weighted by molar-refractivity contribution is 0.176. The van der Waals surface area contributed by atoms with Crippen LogP contribution < -0.4 is 0 Å². The van der Waals surface area contributed by atoms with E-state index in [1.165, 1.54) is 0 Å².